The average Bonchev–Trinajstić information content (AvgIpc) is 2.88. The third kappa shape index (κ3) is 2.74. The fourth-order valence-corrected chi connectivity index (χ4v) is 2.66. The minimum Gasteiger partial charge on any atom is -0.493 e. The van der Waals surface area contributed by atoms with Gasteiger partial charge in [0.2, 0.25) is 0 Å². The summed E-state index contributed by atoms with van der Waals surface area (Å²) in [6.07, 6.45) is 1.94. The summed E-state index contributed by atoms with van der Waals surface area (Å²) >= 11 is 5.95. The largest absolute Gasteiger partial charge is 0.493 e. The highest BCUT2D eigenvalue weighted by atomic mass is 35.5. The van der Waals surface area contributed by atoms with E-state index in [9.17, 15) is 4.39 Å². The number of ether oxygens (including phenoxy) is 1. The smallest absolute Gasteiger partial charge is 0.128 e. The van der Waals surface area contributed by atoms with Gasteiger partial charge < -0.3 is 9.30 Å². The van der Waals surface area contributed by atoms with E-state index in [0.29, 0.717) is 23.7 Å². The molecule has 0 saturated carbocycles. The number of benzene rings is 2. The molecule has 0 amide bonds. The second kappa shape index (κ2) is 5.78. The van der Waals surface area contributed by atoms with Gasteiger partial charge in [-0.25, -0.2) is 4.39 Å². The number of fused-ring (bicyclic) bond motifs is 1. The van der Waals surface area contributed by atoms with Gasteiger partial charge in [0.05, 0.1) is 18.7 Å². The van der Waals surface area contributed by atoms with Crippen LogP contribution < -0.4 is 4.74 Å². The molecule has 108 valence electrons. The third-order valence-electron chi connectivity index (χ3n) is 3.42. The number of aromatic nitrogens is 1. The quantitative estimate of drug-likeness (QED) is 0.670. The Morgan fingerprint density at radius 1 is 1.19 bits per heavy atom. The van der Waals surface area contributed by atoms with Gasteiger partial charge in [-0.15, -0.1) is 0 Å². The normalized spacial score (nSPS) is 11.0. The van der Waals surface area contributed by atoms with Gasteiger partial charge in [0.1, 0.15) is 11.6 Å². The Labute approximate surface area is 127 Å². The zero-order valence-corrected chi connectivity index (χ0v) is 12.4. The minimum absolute atomic E-state index is 0.248. The molecule has 21 heavy (non-hydrogen) atoms. The Morgan fingerprint density at radius 3 is 2.86 bits per heavy atom. The average molecular weight is 304 g/mol. The maximum Gasteiger partial charge on any atom is 0.128 e. The molecule has 0 fully saturated rings. The van der Waals surface area contributed by atoms with Crippen molar-refractivity contribution in [2.24, 2.45) is 0 Å². The summed E-state index contributed by atoms with van der Waals surface area (Å²) < 4.78 is 21.5. The fourth-order valence-electron chi connectivity index (χ4n) is 2.46. The molecule has 2 nitrogen and oxygen atoms in total. The van der Waals surface area contributed by atoms with Crippen LogP contribution in [0.5, 0.6) is 5.75 Å². The fraction of sp³-hybridized carbons (Fsp3) is 0.176. The lowest BCUT2D eigenvalue weighted by molar-refractivity contribution is 0.344. The van der Waals surface area contributed by atoms with E-state index in [1.54, 1.807) is 12.1 Å². The molecule has 0 spiro atoms. The van der Waals surface area contributed by atoms with Crippen molar-refractivity contribution < 1.29 is 9.13 Å². The second-order valence-electron chi connectivity index (χ2n) is 4.80. The van der Waals surface area contributed by atoms with Crippen molar-refractivity contribution in [3.63, 3.8) is 0 Å². The van der Waals surface area contributed by atoms with E-state index in [0.717, 1.165) is 16.7 Å². The Balaban J connectivity index is 2.01. The van der Waals surface area contributed by atoms with Crippen LogP contribution in [0.4, 0.5) is 4.39 Å². The van der Waals surface area contributed by atoms with Crippen LogP contribution in [0.2, 0.25) is 5.02 Å². The first-order valence-electron chi connectivity index (χ1n) is 6.83. The number of hydrogen-bond donors (Lipinski definition) is 0. The van der Waals surface area contributed by atoms with Crippen molar-refractivity contribution in [3.05, 3.63) is 65.1 Å². The maximum absolute atomic E-state index is 13.9. The summed E-state index contributed by atoms with van der Waals surface area (Å²) in [4.78, 5) is 0. The molecule has 0 radical (unpaired) electrons. The predicted molar refractivity (Wildman–Crippen MR) is 83.6 cm³/mol. The highest BCUT2D eigenvalue weighted by molar-refractivity contribution is 6.30. The van der Waals surface area contributed by atoms with E-state index in [4.69, 9.17) is 16.3 Å². The number of nitrogens with zero attached hydrogens (tertiary/aromatic N) is 1. The highest BCUT2D eigenvalue weighted by Crippen LogP contribution is 2.27. The van der Waals surface area contributed by atoms with Crippen LogP contribution >= 0.6 is 11.6 Å². The SMILES string of the molecule is CCOc1cccc2c1ccn2Cc1cc(Cl)ccc1F. The number of halogens is 2. The van der Waals surface area contributed by atoms with E-state index in [1.165, 1.54) is 6.07 Å². The van der Waals surface area contributed by atoms with Gasteiger partial charge in [-0.1, -0.05) is 17.7 Å². The molecule has 0 unspecified atom stereocenters. The van der Waals surface area contributed by atoms with Crippen LogP contribution in [0, 0.1) is 5.82 Å². The summed E-state index contributed by atoms with van der Waals surface area (Å²) in [6, 6.07) is 12.5. The van der Waals surface area contributed by atoms with Crippen LogP contribution in [-0.2, 0) is 6.54 Å². The summed E-state index contributed by atoms with van der Waals surface area (Å²) in [5.74, 6) is 0.600. The molecular formula is C17H15ClFNO. The highest BCUT2D eigenvalue weighted by Gasteiger charge is 2.09. The monoisotopic (exact) mass is 303 g/mol. The third-order valence-corrected chi connectivity index (χ3v) is 3.66. The standard InChI is InChI=1S/C17H15ClFNO/c1-2-21-17-5-3-4-16-14(17)8-9-20(16)11-12-10-13(18)6-7-15(12)19/h3-10H,2,11H2,1H3. The first kappa shape index (κ1) is 14.0. The van der Waals surface area contributed by atoms with Crippen molar-refractivity contribution in [3.8, 4) is 5.75 Å². The number of rotatable bonds is 4. The van der Waals surface area contributed by atoms with Crippen molar-refractivity contribution >= 4 is 22.5 Å². The van der Waals surface area contributed by atoms with E-state index in [2.05, 4.69) is 0 Å². The maximum atomic E-state index is 13.9. The van der Waals surface area contributed by atoms with Gasteiger partial charge >= 0.3 is 0 Å². The topological polar surface area (TPSA) is 14.2 Å². The van der Waals surface area contributed by atoms with Gasteiger partial charge in [-0.05, 0) is 43.3 Å². The molecule has 0 atom stereocenters. The summed E-state index contributed by atoms with van der Waals surface area (Å²) in [6.45, 7) is 3.01. The Bertz CT molecular complexity index is 782. The lowest BCUT2D eigenvalue weighted by atomic mass is 10.2. The Kier molecular flexibility index (Phi) is 3.84. The molecule has 0 aliphatic heterocycles. The molecule has 0 aliphatic rings. The van der Waals surface area contributed by atoms with Crippen LogP contribution in [-0.4, -0.2) is 11.2 Å². The van der Waals surface area contributed by atoms with Crippen molar-refractivity contribution in [1.29, 1.82) is 0 Å². The van der Waals surface area contributed by atoms with Gasteiger partial charge in [0.15, 0.2) is 0 Å². The minimum atomic E-state index is -0.248. The van der Waals surface area contributed by atoms with Crippen LogP contribution in [0.1, 0.15) is 12.5 Å². The molecule has 0 aliphatic carbocycles. The van der Waals surface area contributed by atoms with Gasteiger partial charge in [0.25, 0.3) is 0 Å². The zero-order chi connectivity index (χ0) is 14.8. The van der Waals surface area contributed by atoms with E-state index in [1.807, 2.05) is 42.0 Å². The first-order valence-corrected chi connectivity index (χ1v) is 7.21. The summed E-state index contributed by atoms with van der Waals surface area (Å²) in [7, 11) is 0. The summed E-state index contributed by atoms with van der Waals surface area (Å²) in [5.41, 5.74) is 1.59. The van der Waals surface area contributed by atoms with E-state index >= 15 is 0 Å². The molecule has 0 bridgehead atoms. The molecule has 0 N–H and O–H groups in total. The van der Waals surface area contributed by atoms with Gasteiger partial charge in [0, 0.05) is 22.2 Å². The van der Waals surface area contributed by atoms with Crippen LogP contribution in [0.3, 0.4) is 0 Å². The molecule has 3 rings (SSSR count). The van der Waals surface area contributed by atoms with Gasteiger partial charge in [-0.2, -0.15) is 0 Å². The van der Waals surface area contributed by atoms with Crippen LogP contribution in [0.15, 0.2) is 48.7 Å². The van der Waals surface area contributed by atoms with E-state index < -0.39 is 0 Å². The molecule has 4 heteroatoms. The van der Waals surface area contributed by atoms with Crippen molar-refractivity contribution in [2.45, 2.75) is 13.5 Å². The molecule has 3 aromatic rings. The lowest BCUT2D eigenvalue weighted by Gasteiger charge is -2.09. The molecule has 1 aromatic heterocycles. The molecular weight excluding hydrogens is 289 g/mol. The van der Waals surface area contributed by atoms with Crippen molar-refractivity contribution in [1.82, 2.24) is 4.57 Å². The number of hydrogen-bond acceptors (Lipinski definition) is 1. The Hall–Kier alpha value is -2.00. The molecule has 1 heterocycles. The van der Waals surface area contributed by atoms with Crippen LogP contribution in [0.25, 0.3) is 10.9 Å². The predicted octanol–water partition coefficient (Wildman–Crippen LogP) is 4.88. The molecule has 0 saturated heterocycles. The second-order valence-corrected chi connectivity index (χ2v) is 5.24. The zero-order valence-electron chi connectivity index (χ0n) is 11.6. The first-order chi connectivity index (χ1) is 10.2. The van der Waals surface area contributed by atoms with Crippen molar-refractivity contribution in [2.75, 3.05) is 6.61 Å². The summed E-state index contributed by atoms with van der Waals surface area (Å²) in [5, 5.41) is 1.57. The Morgan fingerprint density at radius 2 is 2.05 bits per heavy atom. The lowest BCUT2D eigenvalue weighted by Crippen LogP contribution is -2.00. The van der Waals surface area contributed by atoms with Gasteiger partial charge in [-0.3, -0.25) is 0 Å². The van der Waals surface area contributed by atoms with E-state index in [-0.39, 0.29) is 5.82 Å². The molecule has 2 aromatic carbocycles.